The maximum atomic E-state index is 12.3. The lowest BCUT2D eigenvalue weighted by molar-refractivity contribution is -0.125. The second-order valence-corrected chi connectivity index (χ2v) is 8.38. The Kier molecular flexibility index (Phi) is 7.66. The van der Waals surface area contributed by atoms with Gasteiger partial charge in [-0.05, 0) is 43.7 Å². The highest BCUT2D eigenvalue weighted by molar-refractivity contribution is 6.08. The Morgan fingerprint density at radius 2 is 1.92 bits per heavy atom. The molecule has 5 N–H and O–H groups in total. The number of imidazole rings is 1. The van der Waals surface area contributed by atoms with Crippen LogP contribution in [0, 0.1) is 5.41 Å². The van der Waals surface area contributed by atoms with E-state index in [1.165, 1.54) is 6.21 Å². The molecule has 0 aliphatic heterocycles. The summed E-state index contributed by atoms with van der Waals surface area (Å²) in [6.45, 7) is 2.01. The Bertz CT molecular complexity index is 1310. The summed E-state index contributed by atoms with van der Waals surface area (Å²) in [5.41, 5.74) is 2.63. The smallest absolute Gasteiger partial charge is 0.377 e. The third kappa shape index (κ3) is 6.40. The lowest BCUT2D eigenvalue weighted by Gasteiger charge is -2.23. The van der Waals surface area contributed by atoms with Crippen LogP contribution >= 0.6 is 0 Å². The van der Waals surface area contributed by atoms with Crippen LogP contribution in [0.15, 0.2) is 55.0 Å². The molecule has 3 rings (SSSR count). The number of rotatable bonds is 8. The van der Waals surface area contributed by atoms with Gasteiger partial charge in [0, 0.05) is 42.5 Å². The molecule has 0 spiro atoms. The van der Waals surface area contributed by atoms with Crippen LogP contribution in [0.1, 0.15) is 19.4 Å². The molecule has 0 aliphatic carbocycles. The van der Waals surface area contributed by atoms with Crippen molar-refractivity contribution >= 4 is 35.1 Å². The van der Waals surface area contributed by atoms with Crippen LogP contribution in [0.25, 0.3) is 22.5 Å². The molecule has 3 aromatic rings. The maximum Gasteiger partial charge on any atom is 0.405 e. The summed E-state index contributed by atoms with van der Waals surface area (Å²) in [6.07, 6.45) is 1.66. The van der Waals surface area contributed by atoms with Crippen molar-refractivity contribution in [3.63, 3.8) is 0 Å². The number of hydrogen-bond acceptors (Lipinski definition) is 5. The minimum absolute atomic E-state index is 0.203. The van der Waals surface area contributed by atoms with Crippen molar-refractivity contribution in [2.24, 2.45) is 0 Å². The number of halogens is 3. The summed E-state index contributed by atoms with van der Waals surface area (Å²) in [5.74, 6) is -0.203. The third-order valence-corrected chi connectivity index (χ3v) is 5.25. The van der Waals surface area contributed by atoms with Gasteiger partial charge in [-0.1, -0.05) is 12.1 Å². The maximum absolute atomic E-state index is 12.3. The lowest BCUT2D eigenvalue weighted by Crippen LogP contribution is -2.49. The van der Waals surface area contributed by atoms with E-state index in [2.05, 4.69) is 20.9 Å². The second kappa shape index (κ2) is 10.5. The number of carbonyl (C=O) groups excluding carboxylic acids is 2. The number of hydrogen-bond donors (Lipinski definition) is 5. The largest absolute Gasteiger partial charge is 0.405 e. The van der Waals surface area contributed by atoms with Crippen molar-refractivity contribution in [1.29, 1.82) is 5.41 Å². The number of fused-ring (bicyclic) bond motifs is 1. The number of anilines is 1. The number of allylic oxidation sites excluding steroid dienone is 1. The highest BCUT2D eigenvalue weighted by Gasteiger charge is 2.27. The zero-order valence-electron chi connectivity index (χ0n) is 19.8. The first-order chi connectivity index (χ1) is 16.9. The molecule has 1 aromatic carbocycles. The fraction of sp³-hybridized carbons (Fsp3) is 0.250. The van der Waals surface area contributed by atoms with Crippen LogP contribution in [-0.4, -0.2) is 52.8 Å². The second-order valence-electron chi connectivity index (χ2n) is 8.38. The molecule has 190 valence electrons. The molecule has 0 aliphatic rings. The summed E-state index contributed by atoms with van der Waals surface area (Å²) in [6, 6.07) is 9.23. The van der Waals surface area contributed by atoms with Crippen LogP contribution in [0.5, 0.6) is 0 Å². The van der Waals surface area contributed by atoms with Crippen molar-refractivity contribution in [1.82, 2.24) is 25.3 Å². The van der Waals surface area contributed by atoms with Crippen LogP contribution in [0.4, 0.5) is 23.7 Å². The van der Waals surface area contributed by atoms with E-state index in [-0.39, 0.29) is 5.91 Å². The molecule has 3 amide bonds. The van der Waals surface area contributed by atoms with Crippen LogP contribution in [-0.2, 0) is 4.79 Å². The molecule has 0 saturated heterocycles. The quantitative estimate of drug-likeness (QED) is 0.301. The van der Waals surface area contributed by atoms with E-state index < -0.39 is 24.3 Å². The first-order valence-electron chi connectivity index (χ1n) is 10.8. The van der Waals surface area contributed by atoms with Gasteiger partial charge in [-0.2, -0.15) is 13.2 Å². The predicted octanol–water partition coefficient (Wildman–Crippen LogP) is 3.79. The number of nitrogens with one attached hydrogen (secondary N) is 5. The third-order valence-electron chi connectivity index (χ3n) is 5.25. The first kappa shape index (κ1) is 26.3. The van der Waals surface area contributed by atoms with Gasteiger partial charge in [0.05, 0.1) is 11.9 Å². The van der Waals surface area contributed by atoms with E-state index >= 15 is 0 Å². The molecule has 0 radical (unpaired) electrons. The highest BCUT2D eigenvalue weighted by Crippen LogP contribution is 2.25. The number of aromatic nitrogens is 2. The van der Waals surface area contributed by atoms with Crippen LogP contribution < -0.4 is 21.3 Å². The Balaban J connectivity index is 1.82. The molecule has 9 nitrogen and oxygen atoms in total. The average Bonchev–Trinajstić information content (AvgIpc) is 3.26. The van der Waals surface area contributed by atoms with Crippen molar-refractivity contribution < 1.29 is 22.8 Å². The normalized spacial score (nSPS) is 12.2. The SMILES string of the molecule is CNC(=O)C(C)(C)N/C=C(\C=N)c1ccn2c(-c3cccc(NC(=O)NCC(F)(F)F)c3)cnc2c1. The number of urea groups is 1. The van der Waals surface area contributed by atoms with Gasteiger partial charge in [0.15, 0.2) is 0 Å². The number of likely N-dealkylation sites (N-methyl/N-ethyl adjacent to an activating group) is 1. The molecule has 0 fully saturated rings. The molecule has 2 aromatic heterocycles. The summed E-state index contributed by atoms with van der Waals surface area (Å²) in [7, 11) is 1.55. The van der Waals surface area contributed by atoms with Gasteiger partial charge < -0.3 is 26.7 Å². The van der Waals surface area contributed by atoms with Crippen LogP contribution in [0.2, 0.25) is 0 Å². The first-order valence-corrected chi connectivity index (χ1v) is 10.8. The number of nitrogens with zero attached hydrogens (tertiary/aromatic N) is 2. The van der Waals surface area contributed by atoms with Gasteiger partial charge in [0.25, 0.3) is 0 Å². The lowest BCUT2D eigenvalue weighted by atomic mass is 10.0. The number of amides is 3. The Morgan fingerprint density at radius 1 is 1.17 bits per heavy atom. The van der Waals surface area contributed by atoms with Crippen LogP contribution in [0.3, 0.4) is 0 Å². The molecule has 12 heteroatoms. The van der Waals surface area contributed by atoms with E-state index in [0.717, 1.165) is 0 Å². The van der Waals surface area contributed by atoms with Gasteiger partial charge in [-0.3, -0.25) is 9.20 Å². The van der Waals surface area contributed by atoms with E-state index in [9.17, 15) is 22.8 Å². The number of benzene rings is 1. The zero-order valence-corrected chi connectivity index (χ0v) is 19.8. The van der Waals surface area contributed by atoms with Crippen molar-refractivity contribution in [2.45, 2.75) is 25.6 Å². The molecular weight excluding hydrogens is 475 g/mol. The standard InChI is InChI=1S/C24H26F3N7O2/c1-23(2,21(35)29-3)32-12-17(11-28)15-7-8-34-19(13-30-20(34)10-15)16-5-4-6-18(9-16)33-22(36)31-14-24(25,26)27/h4-13,28,32H,14H2,1-3H3,(H,29,35)(H2,31,33,36)/b17-12+,28-11?. The summed E-state index contributed by atoms with van der Waals surface area (Å²) in [4.78, 5) is 28.2. The van der Waals surface area contributed by atoms with Gasteiger partial charge in [0.1, 0.15) is 17.7 Å². The van der Waals surface area contributed by atoms with Gasteiger partial charge in [0.2, 0.25) is 5.91 Å². The van der Waals surface area contributed by atoms with Crippen molar-refractivity contribution in [2.75, 3.05) is 18.9 Å². The average molecular weight is 502 g/mol. The molecule has 2 heterocycles. The van der Waals surface area contributed by atoms with E-state index in [1.54, 1.807) is 85.6 Å². The fourth-order valence-corrected chi connectivity index (χ4v) is 3.33. The summed E-state index contributed by atoms with van der Waals surface area (Å²) in [5, 5.41) is 17.5. The summed E-state index contributed by atoms with van der Waals surface area (Å²) < 4.78 is 38.7. The van der Waals surface area contributed by atoms with Gasteiger partial charge in [-0.25, -0.2) is 9.78 Å². The predicted molar refractivity (Wildman–Crippen MR) is 132 cm³/mol. The van der Waals surface area contributed by atoms with Crippen molar-refractivity contribution in [3.8, 4) is 11.3 Å². The topological polar surface area (TPSA) is 123 Å². The monoisotopic (exact) mass is 501 g/mol. The minimum Gasteiger partial charge on any atom is -0.377 e. The Morgan fingerprint density at radius 3 is 2.58 bits per heavy atom. The number of carbonyl (C=O) groups is 2. The van der Waals surface area contributed by atoms with Crippen molar-refractivity contribution in [3.05, 3.63) is 60.6 Å². The zero-order chi connectivity index (χ0) is 26.5. The molecular formula is C24H26F3N7O2. The summed E-state index contributed by atoms with van der Waals surface area (Å²) >= 11 is 0. The molecule has 36 heavy (non-hydrogen) atoms. The minimum atomic E-state index is -4.50. The van der Waals surface area contributed by atoms with Gasteiger partial charge >= 0.3 is 12.2 Å². The number of alkyl halides is 3. The van der Waals surface area contributed by atoms with Gasteiger partial charge in [-0.15, -0.1) is 0 Å². The Labute approximate surface area is 205 Å². The number of pyridine rings is 1. The van der Waals surface area contributed by atoms with E-state index in [4.69, 9.17) is 5.41 Å². The van der Waals surface area contributed by atoms with E-state index in [1.807, 2.05) is 0 Å². The molecule has 0 unspecified atom stereocenters. The van der Waals surface area contributed by atoms with E-state index in [0.29, 0.717) is 33.7 Å². The molecule has 0 saturated carbocycles. The molecule has 0 atom stereocenters. The fourth-order valence-electron chi connectivity index (χ4n) is 3.33. The Hall–Kier alpha value is -4.35. The molecule has 0 bridgehead atoms. The highest BCUT2D eigenvalue weighted by atomic mass is 19.4.